The van der Waals surface area contributed by atoms with E-state index in [1.807, 2.05) is 0 Å². The van der Waals surface area contributed by atoms with Gasteiger partial charge < -0.3 is 23.5 Å². The second-order valence-electron chi connectivity index (χ2n) is 13.0. The normalized spacial score (nSPS) is 12.1. The molecular formula is C34H38N4O8. The van der Waals surface area contributed by atoms with Crippen molar-refractivity contribution in [2.45, 2.75) is 78.6 Å². The van der Waals surface area contributed by atoms with Gasteiger partial charge in [-0.25, -0.2) is 11.3 Å². The smallest absolute Gasteiger partial charge is 0.324 e. The van der Waals surface area contributed by atoms with Crippen LogP contribution in [-0.4, -0.2) is 57.1 Å². The summed E-state index contributed by atoms with van der Waals surface area (Å²) >= 11 is 0. The van der Waals surface area contributed by atoms with Gasteiger partial charge in [-0.3, -0.25) is 19.2 Å². The van der Waals surface area contributed by atoms with E-state index in [9.17, 15) is 19.2 Å². The van der Waals surface area contributed by atoms with Crippen molar-refractivity contribution >= 4 is 39.6 Å². The summed E-state index contributed by atoms with van der Waals surface area (Å²) in [6.07, 6.45) is -0.435. The van der Waals surface area contributed by atoms with Gasteiger partial charge in [0.1, 0.15) is 28.1 Å². The van der Waals surface area contributed by atoms with Crippen molar-refractivity contribution < 1.29 is 33.0 Å². The van der Waals surface area contributed by atoms with Gasteiger partial charge >= 0.3 is 11.9 Å². The number of fused-ring (bicyclic) bond motifs is 2. The van der Waals surface area contributed by atoms with E-state index in [0.717, 1.165) is 4.68 Å². The molecule has 0 radical (unpaired) electrons. The fraction of sp³-hybridized carbons (Fsp3) is 0.441. The zero-order valence-corrected chi connectivity index (χ0v) is 26.9. The molecule has 0 aliphatic rings. The predicted molar refractivity (Wildman–Crippen MR) is 169 cm³/mol. The van der Waals surface area contributed by atoms with E-state index in [0.29, 0.717) is 47.2 Å². The van der Waals surface area contributed by atoms with Crippen LogP contribution in [0.4, 0.5) is 0 Å². The first kappa shape index (κ1) is 33.8. The maximum Gasteiger partial charge on any atom is 0.324 e. The Kier molecular flexibility index (Phi) is 9.95. The molecule has 0 aliphatic carbocycles. The summed E-state index contributed by atoms with van der Waals surface area (Å²) in [5.41, 5.74) is -3.87. The fourth-order valence-corrected chi connectivity index (χ4v) is 4.68. The van der Waals surface area contributed by atoms with E-state index in [1.54, 1.807) is 84.0 Å². The lowest BCUT2D eigenvalue weighted by molar-refractivity contribution is -0.186. The molecule has 12 nitrogen and oxygen atoms in total. The quantitative estimate of drug-likeness (QED) is 0.0641. The zero-order chi connectivity index (χ0) is 33.7. The molecule has 12 heteroatoms. The van der Waals surface area contributed by atoms with Gasteiger partial charge in [-0.05, 0) is 84.4 Å². The molecule has 2 heterocycles. The SMILES string of the molecule is [C-]#[N+]CCCOc1ccc2oc(C(=O)CC(CCn3nnc4ccccc4c3=O)(C(=O)OC(C)(C)C)C(=O)OC(C)(C)C)cc2c1. The van der Waals surface area contributed by atoms with Gasteiger partial charge in [0.25, 0.3) is 5.56 Å². The average Bonchev–Trinajstić information content (AvgIpc) is 3.40. The van der Waals surface area contributed by atoms with Gasteiger partial charge in [0.15, 0.2) is 17.0 Å². The first-order chi connectivity index (χ1) is 21.6. The van der Waals surface area contributed by atoms with Crippen LogP contribution in [0.5, 0.6) is 5.75 Å². The van der Waals surface area contributed by atoms with Crippen LogP contribution >= 0.6 is 0 Å². The lowest BCUT2D eigenvalue weighted by Crippen LogP contribution is -2.49. The number of carbonyl (C=O) groups excluding carboxylic acids is 3. The van der Waals surface area contributed by atoms with Crippen LogP contribution in [-0.2, 0) is 25.6 Å². The maximum atomic E-state index is 14.0. The van der Waals surface area contributed by atoms with Crippen molar-refractivity contribution in [1.82, 2.24) is 15.0 Å². The van der Waals surface area contributed by atoms with Crippen molar-refractivity contribution in [3.8, 4) is 5.75 Å². The first-order valence-corrected chi connectivity index (χ1v) is 14.9. The number of aryl methyl sites for hydroxylation is 1. The summed E-state index contributed by atoms with van der Waals surface area (Å²) in [6, 6.07) is 13.2. The van der Waals surface area contributed by atoms with Crippen LogP contribution in [0.25, 0.3) is 26.7 Å². The summed E-state index contributed by atoms with van der Waals surface area (Å²) in [5, 5.41) is 8.98. The molecule has 242 valence electrons. The third-order valence-electron chi connectivity index (χ3n) is 6.87. The van der Waals surface area contributed by atoms with Gasteiger partial charge in [0, 0.05) is 18.4 Å². The zero-order valence-electron chi connectivity index (χ0n) is 26.9. The largest absolute Gasteiger partial charge is 0.493 e. The molecule has 0 fully saturated rings. The van der Waals surface area contributed by atoms with Crippen molar-refractivity contribution in [2.75, 3.05) is 13.2 Å². The maximum absolute atomic E-state index is 14.0. The molecule has 0 saturated carbocycles. The molecular weight excluding hydrogens is 592 g/mol. The topological polar surface area (TPSA) is 144 Å². The lowest BCUT2D eigenvalue weighted by Gasteiger charge is -2.34. The van der Waals surface area contributed by atoms with E-state index < -0.39 is 46.3 Å². The summed E-state index contributed by atoms with van der Waals surface area (Å²) in [5.74, 6) is -2.15. The number of ketones is 1. The van der Waals surface area contributed by atoms with E-state index >= 15 is 0 Å². The number of furan rings is 1. The third-order valence-corrected chi connectivity index (χ3v) is 6.87. The number of esters is 2. The van der Waals surface area contributed by atoms with Crippen LogP contribution in [0.1, 0.15) is 71.4 Å². The number of nitrogens with zero attached hydrogens (tertiary/aromatic N) is 4. The minimum Gasteiger partial charge on any atom is -0.493 e. The second kappa shape index (κ2) is 13.5. The van der Waals surface area contributed by atoms with Crippen LogP contribution in [0.3, 0.4) is 0 Å². The molecule has 4 rings (SSSR count). The van der Waals surface area contributed by atoms with E-state index in [2.05, 4.69) is 15.2 Å². The number of aromatic nitrogens is 3. The predicted octanol–water partition coefficient (Wildman–Crippen LogP) is 5.56. The van der Waals surface area contributed by atoms with Crippen LogP contribution in [0, 0.1) is 12.0 Å². The highest BCUT2D eigenvalue weighted by molar-refractivity contribution is 6.08. The fourth-order valence-electron chi connectivity index (χ4n) is 4.68. The first-order valence-electron chi connectivity index (χ1n) is 14.9. The number of hydrogen-bond acceptors (Lipinski definition) is 10. The van der Waals surface area contributed by atoms with Crippen molar-refractivity contribution in [3.05, 3.63) is 76.1 Å². The van der Waals surface area contributed by atoms with Crippen molar-refractivity contribution in [3.63, 3.8) is 0 Å². The second-order valence-corrected chi connectivity index (χ2v) is 13.0. The van der Waals surface area contributed by atoms with Crippen molar-refractivity contribution in [2.24, 2.45) is 5.41 Å². The lowest BCUT2D eigenvalue weighted by atomic mass is 9.78. The van der Waals surface area contributed by atoms with Gasteiger partial charge in [0.05, 0.1) is 18.4 Å². The van der Waals surface area contributed by atoms with Crippen molar-refractivity contribution in [1.29, 1.82) is 0 Å². The molecule has 0 bridgehead atoms. The van der Waals surface area contributed by atoms with Gasteiger partial charge in [-0.1, -0.05) is 17.3 Å². The highest BCUT2D eigenvalue weighted by Crippen LogP contribution is 2.37. The third kappa shape index (κ3) is 8.15. The summed E-state index contributed by atoms with van der Waals surface area (Å²) < 4.78 is 24.0. The van der Waals surface area contributed by atoms with Gasteiger partial charge in [-0.2, -0.15) is 0 Å². The number of carbonyl (C=O) groups is 3. The molecule has 0 amide bonds. The Balaban J connectivity index is 1.72. The number of rotatable bonds is 12. The molecule has 0 unspecified atom stereocenters. The summed E-state index contributed by atoms with van der Waals surface area (Å²) in [7, 11) is 0. The Morgan fingerprint density at radius 3 is 2.28 bits per heavy atom. The van der Waals surface area contributed by atoms with Crippen LogP contribution in [0.2, 0.25) is 0 Å². The molecule has 2 aromatic carbocycles. The molecule has 2 aromatic heterocycles. The molecule has 0 N–H and O–H groups in total. The van der Waals surface area contributed by atoms with E-state index in [-0.39, 0.29) is 18.7 Å². The number of benzene rings is 2. The Morgan fingerprint density at radius 1 is 0.957 bits per heavy atom. The Labute approximate surface area is 266 Å². The molecule has 0 saturated heterocycles. The molecule has 46 heavy (non-hydrogen) atoms. The van der Waals surface area contributed by atoms with Gasteiger partial charge in [-0.15, -0.1) is 5.10 Å². The monoisotopic (exact) mass is 630 g/mol. The average molecular weight is 631 g/mol. The van der Waals surface area contributed by atoms with Crippen LogP contribution < -0.4 is 10.3 Å². The molecule has 4 aromatic rings. The number of ether oxygens (including phenoxy) is 3. The minimum absolute atomic E-state index is 0.0840. The molecule has 0 spiro atoms. The Bertz CT molecular complexity index is 1830. The van der Waals surface area contributed by atoms with Crippen LogP contribution in [0.15, 0.2) is 57.7 Å². The number of Topliss-reactive ketones (excluding diaryl/α,β-unsaturated/α-hetero) is 1. The molecule has 0 aliphatic heterocycles. The van der Waals surface area contributed by atoms with E-state index in [1.165, 1.54) is 6.07 Å². The standard InChI is InChI=1S/C34H38N4O8/c1-32(2,3)45-30(41)34(31(42)46-33(4,5)6,15-17-38-29(40)24-11-8-9-12-25(24)36-37-38)21-26(39)28-20-22-19-23(13-14-27(22)44-28)43-18-10-16-35-7/h8-9,11-14,19-20H,10,15-18,21H2,1-6H3. The summed E-state index contributed by atoms with van der Waals surface area (Å²) in [6.45, 7) is 17.2. The Hall–Kier alpha value is -5.05. The molecule has 0 atom stereocenters. The van der Waals surface area contributed by atoms with Gasteiger partial charge in [0.2, 0.25) is 6.54 Å². The minimum atomic E-state index is -2.17. The highest BCUT2D eigenvalue weighted by Gasteiger charge is 2.53. The highest BCUT2D eigenvalue weighted by atomic mass is 16.6. The summed E-state index contributed by atoms with van der Waals surface area (Å²) in [4.78, 5) is 58.4. The van der Waals surface area contributed by atoms with E-state index in [4.69, 9.17) is 25.2 Å². The Morgan fingerprint density at radius 2 is 1.63 bits per heavy atom. The number of hydrogen-bond donors (Lipinski definition) is 0.